The lowest BCUT2D eigenvalue weighted by atomic mass is 10.2. The average Bonchev–Trinajstić information content (AvgIpc) is 2.77. The highest BCUT2D eigenvalue weighted by Gasteiger charge is 2.11. The molecular formula is C11H10FNO2S. The fourth-order valence-electron chi connectivity index (χ4n) is 1.35. The first kappa shape index (κ1) is 11.0. The van der Waals surface area contributed by atoms with E-state index in [1.807, 2.05) is 0 Å². The van der Waals surface area contributed by atoms with Gasteiger partial charge in [-0.2, -0.15) is 0 Å². The molecule has 1 aromatic carbocycles. The van der Waals surface area contributed by atoms with Crippen LogP contribution in [0.5, 0.6) is 5.75 Å². The number of aliphatic hydroxyl groups excluding tert-OH is 1. The Morgan fingerprint density at radius 1 is 1.50 bits per heavy atom. The van der Waals surface area contributed by atoms with Crippen LogP contribution in [0.15, 0.2) is 24.4 Å². The van der Waals surface area contributed by atoms with E-state index < -0.39 is 0 Å². The Morgan fingerprint density at radius 2 is 2.31 bits per heavy atom. The molecule has 16 heavy (non-hydrogen) atoms. The first-order valence-corrected chi connectivity index (χ1v) is 5.45. The van der Waals surface area contributed by atoms with Gasteiger partial charge in [-0.15, -0.1) is 11.3 Å². The van der Waals surface area contributed by atoms with Crippen LogP contribution in [0.25, 0.3) is 10.6 Å². The number of halogens is 1. The molecule has 1 aromatic heterocycles. The number of nitrogens with zero attached hydrogens (tertiary/aromatic N) is 1. The summed E-state index contributed by atoms with van der Waals surface area (Å²) in [6, 6.07) is 4.27. The summed E-state index contributed by atoms with van der Waals surface area (Å²) in [6.07, 6.45) is 1.57. The molecule has 2 aromatic rings. The predicted octanol–water partition coefficient (Wildman–Crippen LogP) is 2.45. The molecule has 1 heterocycles. The van der Waals surface area contributed by atoms with Gasteiger partial charge in [0.05, 0.1) is 24.2 Å². The van der Waals surface area contributed by atoms with Crippen molar-refractivity contribution in [1.29, 1.82) is 0 Å². The fraction of sp³-hybridized carbons (Fsp3) is 0.182. The molecule has 3 nitrogen and oxygen atoms in total. The topological polar surface area (TPSA) is 42.4 Å². The average molecular weight is 239 g/mol. The van der Waals surface area contributed by atoms with Gasteiger partial charge in [0.1, 0.15) is 16.6 Å². The lowest BCUT2D eigenvalue weighted by Gasteiger charge is -2.05. The predicted molar refractivity (Wildman–Crippen MR) is 60.0 cm³/mol. The van der Waals surface area contributed by atoms with Gasteiger partial charge >= 0.3 is 0 Å². The second kappa shape index (κ2) is 4.59. The molecule has 0 atom stereocenters. The van der Waals surface area contributed by atoms with E-state index in [1.165, 1.54) is 30.6 Å². The number of rotatable bonds is 3. The molecule has 0 spiro atoms. The van der Waals surface area contributed by atoms with Crippen LogP contribution >= 0.6 is 11.3 Å². The fourth-order valence-corrected chi connectivity index (χ4v) is 2.15. The normalized spacial score (nSPS) is 10.4. The Labute approximate surface area is 96.2 Å². The number of thiazole rings is 1. The van der Waals surface area contributed by atoms with Crippen LogP contribution in [0.2, 0.25) is 0 Å². The van der Waals surface area contributed by atoms with Gasteiger partial charge in [0.15, 0.2) is 0 Å². The van der Waals surface area contributed by atoms with Crippen LogP contribution in [-0.2, 0) is 6.61 Å². The van der Waals surface area contributed by atoms with Gasteiger partial charge in [0.2, 0.25) is 0 Å². The van der Waals surface area contributed by atoms with Gasteiger partial charge in [-0.25, -0.2) is 9.37 Å². The highest BCUT2D eigenvalue weighted by Crippen LogP contribution is 2.33. The molecule has 0 aliphatic rings. The lowest BCUT2D eigenvalue weighted by molar-refractivity contribution is 0.285. The third-order valence-electron chi connectivity index (χ3n) is 2.10. The standard InChI is InChI=1S/C11H10FNO2S/c1-15-10-3-2-7(12)4-9(10)11-13-5-8(6-14)16-11/h2-5,14H,6H2,1H3. The first-order chi connectivity index (χ1) is 7.74. The Morgan fingerprint density at radius 3 is 2.94 bits per heavy atom. The maximum absolute atomic E-state index is 13.1. The van der Waals surface area contributed by atoms with E-state index in [9.17, 15) is 4.39 Å². The molecule has 0 bridgehead atoms. The molecule has 0 aliphatic carbocycles. The van der Waals surface area contributed by atoms with E-state index in [1.54, 1.807) is 12.3 Å². The second-order valence-corrected chi connectivity index (χ2v) is 4.25. The number of benzene rings is 1. The zero-order valence-corrected chi connectivity index (χ0v) is 9.42. The van der Waals surface area contributed by atoms with Crippen LogP contribution in [0.4, 0.5) is 4.39 Å². The molecule has 0 saturated heterocycles. The third-order valence-corrected chi connectivity index (χ3v) is 3.12. The zero-order valence-electron chi connectivity index (χ0n) is 8.61. The summed E-state index contributed by atoms with van der Waals surface area (Å²) in [7, 11) is 1.53. The monoisotopic (exact) mass is 239 g/mol. The summed E-state index contributed by atoms with van der Waals surface area (Å²) in [5, 5.41) is 9.58. The largest absolute Gasteiger partial charge is 0.496 e. The van der Waals surface area contributed by atoms with Crippen molar-refractivity contribution < 1.29 is 14.2 Å². The van der Waals surface area contributed by atoms with Crippen molar-refractivity contribution >= 4 is 11.3 Å². The highest BCUT2D eigenvalue weighted by molar-refractivity contribution is 7.15. The molecule has 0 radical (unpaired) electrons. The van der Waals surface area contributed by atoms with Crippen molar-refractivity contribution in [3.05, 3.63) is 35.1 Å². The van der Waals surface area contributed by atoms with Crippen molar-refractivity contribution in [3.8, 4) is 16.3 Å². The maximum atomic E-state index is 13.1. The van der Waals surface area contributed by atoms with Crippen LogP contribution in [-0.4, -0.2) is 17.2 Å². The van der Waals surface area contributed by atoms with Crippen LogP contribution in [0.1, 0.15) is 4.88 Å². The van der Waals surface area contributed by atoms with E-state index in [-0.39, 0.29) is 12.4 Å². The van der Waals surface area contributed by atoms with E-state index in [0.29, 0.717) is 16.3 Å². The molecule has 1 N–H and O–H groups in total. The first-order valence-electron chi connectivity index (χ1n) is 4.64. The Balaban J connectivity index is 2.49. The summed E-state index contributed by atoms with van der Waals surface area (Å²) >= 11 is 1.32. The minimum Gasteiger partial charge on any atom is -0.496 e. The summed E-state index contributed by atoms with van der Waals surface area (Å²) in [5.74, 6) is 0.233. The molecule has 0 unspecified atom stereocenters. The van der Waals surface area contributed by atoms with Gasteiger partial charge in [0.25, 0.3) is 0 Å². The molecule has 0 fully saturated rings. The molecule has 84 valence electrons. The van der Waals surface area contributed by atoms with Gasteiger partial charge in [-0.05, 0) is 18.2 Å². The lowest BCUT2D eigenvalue weighted by Crippen LogP contribution is -1.88. The van der Waals surface area contributed by atoms with Crippen molar-refractivity contribution in [2.45, 2.75) is 6.61 Å². The molecule has 2 rings (SSSR count). The SMILES string of the molecule is COc1ccc(F)cc1-c1ncc(CO)s1. The van der Waals surface area contributed by atoms with Gasteiger partial charge in [-0.3, -0.25) is 0 Å². The minimum atomic E-state index is -0.337. The Bertz CT molecular complexity index is 498. The van der Waals surface area contributed by atoms with E-state index in [0.717, 1.165) is 4.88 Å². The number of methoxy groups -OCH3 is 1. The quantitative estimate of drug-likeness (QED) is 0.894. The molecule has 0 saturated carbocycles. The molecule has 5 heteroatoms. The van der Waals surface area contributed by atoms with Crippen LogP contribution < -0.4 is 4.74 Å². The number of aromatic nitrogens is 1. The molecule has 0 aliphatic heterocycles. The van der Waals surface area contributed by atoms with Crippen molar-refractivity contribution in [1.82, 2.24) is 4.98 Å². The van der Waals surface area contributed by atoms with E-state index in [2.05, 4.69) is 4.98 Å². The Kier molecular flexibility index (Phi) is 3.17. The van der Waals surface area contributed by atoms with E-state index >= 15 is 0 Å². The number of hydrogen-bond donors (Lipinski definition) is 1. The van der Waals surface area contributed by atoms with Gasteiger partial charge < -0.3 is 9.84 Å². The van der Waals surface area contributed by atoms with Crippen LogP contribution in [0, 0.1) is 5.82 Å². The maximum Gasteiger partial charge on any atom is 0.129 e. The number of ether oxygens (including phenoxy) is 1. The zero-order chi connectivity index (χ0) is 11.5. The Hall–Kier alpha value is -1.46. The number of hydrogen-bond acceptors (Lipinski definition) is 4. The number of aliphatic hydroxyl groups is 1. The summed E-state index contributed by atoms with van der Waals surface area (Å²) in [5.41, 5.74) is 0.604. The third kappa shape index (κ3) is 2.05. The molecular weight excluding hydrogens is 229 g/mol. The summed E-state index contributed by atoms with van der Waals surface area (Å²) < 4.78 is 18.3. The van der Waals surface area contributed by atoms with Crippen molar-refractivity contribution in [2.24, 2.45) is 0 Å². The molecule has 0 amide bonds. The van der Waals surface area contributed by atoms with Gasteiger partial charge in [-0.1, -0.05) is 0 Å². The van der Waals surface area contributed by atoms with Crippen molar-refractivity contribution in [3.63, 3.8) is 0 Å². The highest BCUT2D eigenvalue weighted by atomic mass is 32.1. The van der Waals surface area contributed by atoms with E-state index in [4.69, 9.17) is 9.84 Å². The van der Waals surface area contributed by atoms with Gasteiger partial charge in [0, 0.05) is 6.20 Å². The minimum absolute atomic E-state index is 0.0602. The summed E-state index contributed by atoms with van der Waals surface area (Å²) in [4.78, 5) is 4.86. The smallest absolute Gasteiger partial charge is 0.129 e. The van der Waals surface area contributed by atoms with Crippen molar-refractivity contribution in [2.75, 3.05) is 7.11 Å². The van der Waals surface area contributed by atoms with Crippen LogP contribution in [0.3, 0.4) is 0 Å². The second-order valence-electron chi connectivity index (χ2n) is 3.13. The summed E-state index contributed by atoms with van der Waals surface area (Å²) in [6.45, 7) is -0.0602.